The lowest BCUT2D eigenvalue weighted by molar-refractivity contribution is -0.117. The van der Waals surface area contributed by atoms with Gasteiger partial charge in [0.05, 0.1) is 0 Å². The van der Waals surface area contributed by atoms with Crippen molar-refractivity contribution in [2.45, 2.75) is 40.7 Å². The summed E-state index contributed by atoms with van der Waals surface area (Å²) >= 11 is 0. The fraction of sp³-hybridized carbons (Fsp3) is 0.412. The quantitative estimate of drug-likeness (QED) is 0.836. The van der Waals surface area contributed by atoms with Gasteiger partial charge in [-0.3, -0.25) is 9.59 Å². The monoisotopic (exact) mass is 288 g/mol. The van der Waals surface area contributed by atoms with Crippen LogP contribution in [0.25, 0.3) is 6.08 Å². The molecule has 0 aromatic heterocycles. The Hall–Kier alpha value is -2.10. The molecule has 1 aromatic rings. The molecule has 2 amide bonds. The van der Waals surface area contributed by atoms with Gasteiger partial charge in [-0.1, -0.05) is 32.9 Å². The molecule has 0 saturated heterocycles. The van der Waals surface area contributed by atoms with E-state index in [1.807, 2.05) is 19.1 Å². The van der Waals surface area contributed by atoms with E-state index in [1.54, 1.807) is 18.2 Å². The molecule has 1 atom stereocenters. The van der Waals surface area contributed by atoms with Crippen molar-refractivity contribution in [3.8, 4) is 0 Å². The van der Waals surface area contributed by atoms with Crippen molar-refractivity contribution < 1.29 is 9.59 Å². The molecular formula is C17H24N2O2. The molecule has 2 N–H and O–H groups in total. The van der Waals surface area contributed by atoms with E-state index in [2.05, 4.69) is 31.4 Å². The number of anilines is 1. The van der Waals surface area contributed by atoms with Crippen molar-refractivity contribution in [1.29, 1.82) is 0 Å². The lowest BCUT2D eigenvalue weighted by Crippen LogP contribution is -2.40. The predicted octanol–water partition coefficient (Wildman–Crippen LogP) is 3.21. The summed E-state index contributed by atoms with van der Waals surface area (Å²) in [6, 6.07) is 7.40. The van der Waals surface area contributed by atoms with Crippen LogP contribution in [-0.4, -0.2) is 17.9 Å². The molecule has 1 aromatic carbocycles. The van der Waals surface area contributed by atoms with E-state index in [0.717, 1.165) is 11.3 Å². The van der Waals surface area contributed by atoms with Crippen LogP contribution in [0.1, 0.15) is 40.2 Å². The first-order valence-corrected chi connectivity index (χ1v) is 7.04. The highest BCUT2D eigenvalue weighted by molar-refractivity contribution is 5.92. The second-order valence-electron chi connectivity index (χ2n) is 6.23. The van der Waals surface area contributed by atoms with Crippen LogP contribution in [-0.2, 0) is 9.59 Å². The molecule has 0 aliphatic heterocycles. The molecule has 0 spiro atoms. The molecule has 114 valence electrons. The smallest absolute Gasteiger partial charge is 0.244 e. The van der Waals surface area contributed by atoms with Crippen LogP contribution in [0.5, 0.6) is 0 Å². The van der Waals surface area contributed by atoms with Crippen molar-refractivity contribution in [2.75, 3.05) is 5.32 Å². The molecule has 1 unspecified atom stereocenters. The molecule has 1 rings (SSSR count). The molecule has 0 radical (unpaired) electrons. The van der Waals surface area contributed by atoms with E-state index in [-0.39, 0.29) is 23.3 Å². The van der Waals surface area contributed by atoms with Crippen LogP contribution in [0.3, 0.4) is 0 Å². The third-order valence-corrected chi connectivity index (χ3v) is 3.32. The Morgan fingerprint density at radius 2 is 1.71 bits per heavy atom. The molecule has 4 nitrogen and oxygen atoms in total. The predicted molar refractivity (Wildman–Crippen MR) is 86.8 cm³/mol. The second kappa shape index (κ2) is 7.07. The molecule has 0 heterocycles. The topological polar surface area (TPSA) is 58.2 Å². The minimum absolute atomic E-state index is 0.0313. The number of benzene rings is 1. The Labute approximate surface area is 126 Å². The first-order chi connectivity index (χ1) is 9.68. The largest absolute Gasteiger partial charge is 0.350 e. The molecule has 4 heteroatoms. The van der Waals surface area contributed by atoms with E-state index in [0.29, 0.717) is 0 Å². The summed E-state index contributed by atoms with van der Waals surface area (Å²) in [6.07, 6.45) is 3.28. The minimum atomic E-state index is -0.108. The fourth-order valence-electron chi connectivity index (χ4n) is 1.53. The van der Waals surface area contributed by atoms with Gasteiger partial charge >= 0.3 is 0 Å². The van der Waals surface area contributed by atoms with E-state index >= 15 is 0 Å². The Bertz CT molecular complexity index is 525. The number of carbonyl (C=O) groups excluding carboxylic acids is 2. The van der Waals surface area contributed by atoms with Gasteiger partial charge in [0.2, 0.25) is 11.8 Å². The summed E-state index contributed by atoms with van der Waals surface area (Å²) < 4.78 is 0. The van der Waals surface area contributed by atoms with E-state index in [1.165, 1.54) is 13.0 Å². The summed E-state index contributed by atoms with van der Waals surface area (Å²) in [7, 11) is 0. The molecule has 0 fully saturated rings. The molecule has 0 aliphatic rings. The van der Waals surface area contributed by atoms with Crippen molar-refractivity contribution >= 4 is 23.6 Å². The highest BCUT2D eigenvalue weighted by Crippen LogP contribution is 2.18. The minimum Gasteiger partial charge on any atom is -0.350 e. The SMILES string of the molecule is CC(=O)Nc1ccc(C=CC(=O)NC(C)C(C)(C)C)cc1. The number of amides is 2. The van der Waals surface area contributed by atoms with Gasteiger partial charge in [-0.25, -0.2) is 0 Å². The maximum Gasteiger partial charge on any atom is 0.244 e. The molecular weight excluding hydrogens is 264 g/mol. The van der Waals surface area contributed by atoms with Crippen LogP contribution >= 0.6 is 0 Å². The number of hydrogen-bond donors (Lipinski definition) is 2. The molecule has 21 heavy (non-hydrogen) atoms. The first-order valence-electron chi connectivity index (χ1n) is 7.04. The van der Waals surface area contributed by atoms with Crippen molar-refractivity contribution in [2.24, 2.45) is 5.41 Å². The van der Waals surface area contributed by atoms with Crippen LogP contribution in [0, 0.1) is 5.41 Å². The van der Waals surface area contributed by atoms with Crippen molar-refractivity contribution in [3.05, 3.63) is 35.9 Å². The first kappa shape index (κ1) is 17.0. The maximum atomic E-state index is 11.8. The van der Waals surface area contributed by atoms with Gasteiger partial charge in [0.25, 0.3) is 0 Å². The van der Waals surface area contributed by atoms with Gasteiger partial charge in [0.1, 0.15) is 0 Å². The zero-order chi connectivity index (χ0) is 16.0. The fourth-order valence-corrected chi connectivity index (χ4v) is 1.53. The zero-order valence-corrected chi connectivity index (χ0v) is 13.4. The number of hydrogen-bond acceptors (Lipinski definition) is 2. The Balaban J connectivity index is 2.60. The van der Waals surface area contributed by atoms with E-state index < -0.39 is 0 Å². The average molecular weight is 288 g/mol. The third kappa shape index (κ3) is 6.25. The summed E-state index contributed by atoms with van der Waals surface area (Å²) in [4.78, 5) is 22.7. The Morgan fingerprint density at radius 3 is 2.19 bits per heavy atom. The lowest BCUT2D eigenvalue weighted by Gasteiger charge is -2.27. The highest BCUT2D eigenvalue weighted by atomic mass is 16.2. The second-order valence-corrected chi connectivity index (χ2v) is 6.23. The highest BCUT2D eigenvalue weighted by Gasteiger charge is 2.20. The zero-order valence-electron chi connectivity index (χ0n) is 13.4. The maximum absolute atomic E-state index is 11.8. The molecule has 0 bridgehead atoms. The average Bonchev–Trinajstić information content (AvgIpc) is 2.36. The van der Waals surface area contributed by atoms with Gasteiger partial charge in [-0.05, 0) is 36.1 Å². The number of nitrogens with one attached hydrogen (secondary N) is 2. The molecule has 0 saturated carbocycles. The van der Waals surface area contributed by atoms with Crippen LogP contribution in [0.2, 0.25) is 0 Å². The summed E-state index contributed by atoms with van der Waals surface area (Å²) in [5.74, 6) is -0.211. The normalized spacial score (nSPS) is 13.0. The van der Waals surface area contributed by atoms with Gasteiger partial charge < -0.3 is 10.6 Å². The summed E-state index contributed by atoms with van der Waals surface area (Å²) in [6.45, 7) is 9.72. The van der Waals surface area contributed by atoms with Gasteiger partial charge in [0, 0.05) is 24.7 Å². The van der Waals surface area contributed by atoms with Gasteiger partial charge in [-0.15, -0.1) is 0 Å². The number of rotatable bonds is 4. The third-order valence-electron chi connectivity index (χ3n) is 3.32. The summed E-state index contributed by atoms with van der Waals surface area (Å²) in [5.41, 5.74) is 1.68. The van der Waals surface area contributed by atoms with Crippen LogP contribution in [0.4, 0.5) is 5.69 Å². The van der Waals surface area contributed by atoms with E-state index in [4.69, 9.17) is 0 Å². The van der Waals surface area contributed by atoms with Gasteiger partial charge in [-0.2, -0.15) is 0 Å². The Kier molecular flexibility index (Phi) is 5.70. The molecule has 0 aliphatic carbocycles. The lowest BCUT2D eigenvalue weighted by atomic mass is 9.88. The van der Waals surface area contributed by atoms with E-state index in [9.17, 15) is 9.59 Å². The summed E-state index contributed by atoms with van der Waals surface area (Å²) in [5, 5.41) is 5.64. The Morgan fingerprint density at radius 1 is 1.14 bits per heavy atom. The standard InChI is InChI=1S/C17H24N2O2/c1-12(17(3,4)5)18-16(21)11-8-14-6-9-15(10-7-14)19-13(2)20/h6-12H,1-5H3,(H,18,21)(H,19,20). The van der Waals surface area contributed by atoms with Gasteiger partial charge in [0.15, 0.2) is 0 Å². The number of carbonyl (C=O) groups is 2. The van der Waals surface area contributed by atoms with Crippen LogP contribution < -0.4 is 10.6 Å². The van der Waals surface area contributed by atoms with Crippen molar-refractivity contribution in [1.82, 2.24) is 5.32 Å². The van der Waals surface area contributed by atoms with Crippen molar-refractivity contribution in [3.63, 3.8) is 0 Å². The van der Waals surface area contributed by atoms with Crippen LogP contribution in [0.15, 0.2) is 30.3 Å².